The van der Waals surface area contributed by atoms with Gasteiger partial charge in [0.05, 0.1) is 11.9 Å². The average molecular weight is 381 g/mol. The van der Waals surface area contributed by atoms with E-state index in [0.29, 0.717) is 16.4 Å². The highest BCUT2D eigenvalue weighted by molar-refractivity contribution is 7.92. The van der Waals surface area contributed by atoms with Crippen LogP contribution in [0.1, 0.15) is 19.4 Å². The summed E-state index contributed by atoms with van der Waals surface area (Å²) in [6.45, 7) is 3.59. The fourth-order valence-electron chi connectivity index (χ4n) is 2.49. The summed E-state index contributed by atoms with van der Waals surface area (Å²) in [5, 5.41) is 3.15. The van der Waals surface area contributed by atoms with Crippen LogP contribution in [0.25, 0.3) is 0 Å². The van der Waals surface area contributed by atoms with Crippen LogP contribution in [0.2, 0.25) is 5.02 Å². The molecule has 2 aromatic rings. The zero-order valence-corrected chi connectivity index (χ0v) is 15.9. The number of anilines is 2. The van der Waals surface area contributed by atoms with Crippen molar-refractivity contribution in [1.82, 2.24) is 0 Å². The van der Waals surface area contributed by atoms with Gasteiger partial charge in [-0.3, -0.25) is 9.10 Å². The van der Waals surface area contributed by atoms with Gasteiger partial charge in [-0.1, -0.05) is 36.7 Å². The molecule has 0 radical (unpaired) electrons. The topological polar surface area (TPSA) is 66.5 Å². The van der Waals surface area contributed by atoms with Gasteiger partial charge in [-0.15, -0.1) is 0 Å². The van der Waals surface area contributed by atoms with E-state index in [2.05, 4.69) is 5.32 Å². The van der Waals surface area contributed by atoms with Crippen molar-refractivity contribution in [3.63, 3.8) is 0 Å². The van der Waals surface area contributed by atoms with Gasteiger partial charge in [0.1, 0.15) is 6.04 Å². The van der Waals surface area contributed by atoms with Gasteiger partial charge in [-0.05, 0) is 49.2 Å². The molecule has 25 heavy (non-hydrogen) atoms. The van der Waals surface area contributed by atoms with E-state index in [1.54, 1.807) is 30.3 Å². The second-order valence-electron chi connectivity index (χ2n) is 5.75. The number of carbonyl (C=O) groups excluding carboxylic acids is 1. The van der Waals surface area contributed by atoms with Crippen LogP contribution in [0.4, 0.5) is 11.4 Å². The number of hydrogen-bond acceptors (Lipinski definition) is 3. The molecule has 0 saturated heterocycles. The number of rotatable bonds is 6. The molecule has 0 heterocycles. The van der Waals surface area contributed by atoms with E-state index in [1.807, 2.05) is 19.1 Å². The summed E-state index contributed by atoms with van der Waals surface area (Å²) >= 11 is 5.96. The Labute approximate surface area is 153 Å². The molecule has 1 atom stereocenters. The molecule has 7 heteroatoms. The van der Waals surface area contributed by atoms with Crippen molar-refractivity contribution >= 4 is 38.9 Å². The highest BCUT2D eigenvalue weighted by Crippen LogP contribution is 2.24. The molecule has 5 nitrogen and oxygen atoms in total. The van der Waals surface area contributed by atoms with E-state index in [4.69, 9.17) is 11.6 Å². The highest BCUT2D eigenvalue weighted by Gasteiger charge is 2.29. The minimum absolute atomic E-state index is 0.346. The molecule has 2 rings (SSSR count). The van der Waals surface area contributed by atoms with E-state index >= 15 is 0 Å². The third kappa shape index (κ3) is 4.96. The van der Waals surface area contributed by atoms with Gasteiger partial charge < -0.3 is 5.32 Å². The molecule has 0 fully saturated rings. The van der Waals surface area contributed by atoms with Gasteiger partial charge in [0.2, 0.25) is 15.9 Å². The van der Waals surface area contributed by atoms with Gasteiger partial charge in [0.15, 0.2) is 0 Å². The molecule has 0 aliphatic rings. The summed E-state index contributed by atoms with van der Waals surface area (Å²) in [6, 6.07) is 12.9. The maximum atomic E-state index is 12.6. The molecule has 134 valence electrons. The second-order valence-corrected chi connectivity index (χ2v) is 8.05. The van der Waals surface area contributed by atoms with Crippen molar-refractivity contribution in [3.05, 3.63) is 59.1 Å². The molecule has 1 unspecified atom stereocenters. The van der Waals surface area contributed by atoms with Gasteiger partial charge in [-0.25, -0.2) is 8.42 Å². The molecular weight excluding hydrogens is 360 g/mol. The first-order chi connectivity index (χ1) is 11.7. The Kier molecular flexibility index (Phi) is 6.08. The minimum atomic E-state index is -3.67. The maximum Gasteiger partial charge on any atom is 0.247 e. The van der Waals surface area contributed by atoms with Crippen molar-refractivity contribution in [3.8, 4) is 0 Å². The summed E-state index contributed by atoms with van der Waals surface area (Å²) in [5.41, 5.74) is 2.12. The molecule has 0 bridgehead atoms. The number of carbonyl (C=O) groups is 1. The lowest BCUT2D eigenvalue weighted by Gasteiger charge is -2.28. The second kappa shape index (κ2) is 7.89. The molecule has 1 N–H and O–H groups in total. The van der Waals surface area contributed by atoms with Crippen LogP contribution in [-0.4, -0.2) is 26.6 Å². The third-order valence-electron chi connectivity index (χ3n) is 3.78. The van der Waals surface area contributed by atoms with Crippen molar-refractivity contribution in [2.75, 3.05) is 15.9 Å². The third-order valence-corrected chi connectivity index (χ3v) is 5.26. The lowest BCUT2D eigenvalue weighted by Crippen LogP contribution is -2.45. The fourth-order valence-corrected chi connectivity index (χ4v) is 3.84. The van der Waals surface area contributed by atoms with E-state index in [-0.39, 0.29) is 0 Å². The number of nitrogens with one attached hydrogen (secondary N) is 1. The standard InChI is InChI=1S/C18H21ClN2O3S/c1-4-14-8-10-16(11-9-14)20-18(22)13(2)21(25(3,23)24)17-7-5-6-15(19)12-17/h5-13H,4H2,1-3H3,(H,20,22). The Balaban J connectivity index is 2.26. The number of sulfonamides is 1. The Bertz CT molecular complexity index is 851. The molecule has 0 saturated carbocycles. The SMILES string of the molecule is CCc1ccc(NC(=O)C(C)N(c2cccc(Cl)c2)S(C)(=O)=O)cc1. The lowest BCUT2D eigenvalue weighted by atomic mass is 10.1. The Morgan fingerprint density at radius 2 is 1.84 bits per heavy atom. The molecule has 0 aliphatic heterocycles. The summed E-state index contributed by atoms with van der Waals surface area (Å²) in [7, 11) is -3.67. The van der Waals surface area contributed by atoms with Gasteiger partial charge >= 0.3 is 0 Å². The smallest absolute Gasteiger partial charge is 0.247 e. The Morgan fingerprint density at radius 1 is 1.20 bits per heavy atom. The van der Waals surface area contributed by atoms with Gasteiger partial charge in [0.25, 0.3) is 0 Å². The predicted molar refractivity (Wildman–Crippen MR) is 103 cm³/mol. The molecule has 0 aromatic heterocycles. The zero-order valence-electron chi connectivity index (χ0n) is 14.4. The first kappa shape index (κ1) is 19.3. The van der Waals surface area contributed by atoms with Gasteiger partial charge in [0, 0.05) is 10.7 Å². The maximum absolute atomic E-state index is 12.6. The van der Waals surface area contributed by atoms with Crippen molar-refractivity contribution in [2.45, 2.75) is 26.3 Å². The van der Waals surface area contributed by atoms with Crippen LogP contribution in [0.5, 0.6) is 0 Å². The molecular formula is C18H21ClN2O3S. The van der Waals surface area contributed by atoms with Crippen LogP contribution in [0.3, 0.4) is 0 Å². The van der Waals surface area contributed by atoms with Crippen LogP contribution < -0.4 is 9.62 Å². The molecule has 1 amide bonds. The molecule has 0 spiro atoms. The monoisotopic (exact) mass is 380 g/mol. The summed E-state index contributed by atoms with van der Waals surface area (Å²) in [5.74, 6) is -0.422. The quantitative estimate of drug-likeness (QED) is 0.830. The fraction of sp³-hybridized carbons (Fsp3) is 0.278. The van der Waals surface area contributed by atoms with Crippen LogP contribution >= 0.6 is 11.6 Å². The van der Waals surface area contributed by atoms with Crippen LogP contribution in [0.15, 0.2) is 48.5 Å². The van der Waals surface area contributed by atoms with Crippen LogP contribution in [0, 0.1) is 0 Å². The molecule has 2 aromatic carbocycles. The van der Waals surface area contributed by atoms with E-state index < -0.39 is 22.0 Å². The normalized spacial score (nSPS) is 12.5. The lowest BCUT2D eigenvalue weighted by molar-refractivity contribution is -0.116. The van der Waals surface area contributed by atoms with E-state index in [1.165, 1.54) is 13.0 Å². The number of amides is 1. The average Bonchev–Trinajstić information content (AvgIpc) is 2.54. The van der Waals surface area contributed by atoms with E-state index in [9.17, 15) is 13.2 Å². The summed E-state index contributed by atoms with van der Waals surface area (Å²) in [6.07, 6.45) is 1.97. The Hall–Kier alpha value is -2.05. The molecule has 0 aliphatic carbocycles. The first-order valence-corrected chi connectivity index (χ1v) is 10.1. The van der Waals surface area contributed by atoms with Crippen LogP contribution in [-0.2, 0) is 21.2 Å². The first-order valence-electron chi connectivity index (χ1n) is 7.87. The number of halogens is 1. The van der Waals surface area contributed by atoms with Crippen molar-refractivity contribution < 1.29 is 13.2 Å². The minimum Gasteiger partial charge on any atom is -0.324 e. The van der Waals surface area contributed by atoms with Crippen molar-refractivity contribution in [2.24, 2.45) is 0 Å². The largest absolute Gasteiger partial charge is 0.324 e. The van der Waals surface area contributed by atoms with E-state index in [0.717, 1.165) is 22.5 Å². The highest BCUT2D eigenvalue weighted by atomic mass is 35.5. The predicted octanol–water partition coefficient (Wildman–Crippen LogP) is 3.70. The number of nitrogens with zero attached hydrogens (tertiary/aromatic N) is 1. The van der Waals surface area contributed by atoms with Gasteiger partial charge in [-0.2, -0.15) is 0 Å². The zero-order chi connectivity index (χ0) is 18.6. The summed E-state index contributed by atoms with van der Waals surface area (Å²) < 4.78 is 25.5. The number of hydrogen-bond donors (Lipinski definition) is 1. The summed E-state index contributed by atoms with van der Waals surface area (Å²) in [4.78, 5) is 12.6. The number of aryl methyl sites for hydroxylation is 1. The Morgan fingerprint density at radius 3 is 2.36 bits per heavy atom. The number of benzene rings is 2. The van der Waals surface area contributed by atoms with Crippen molar-refractivity contribution in [1.29, 1.82) is 0 Å².